The van der Waals surface area contributed by atoms with Gasteiger partial charge in [-0.15, -0.1) is 0 Å². The first kappa shape index (κ1) is 22.9. The summed E-state index contributed by atoms with van der Waals surface area (Å²) in [7, 11) is 1.58. The van der Waals surface area contributed by atoms with E-state index in [9.17, 15) is 14.3 Å². The van der Waals surface area contributed by atoms with Crippen molar-refractivity contribution >= 4 is 17.6 Å². The number of carboxylic acid groups (broad SMARTS) is 1. The summed E-state index contributed by atoms with van der Waals surface area (Å²) in [5.74, 6) is -0.356. The third-order valence-electron chi connectivity index (χ3n) is 4.49. The Balaban J connectivity index is 2.03. The number of carbonyl (C=O) groups is 1. The van der Waals surface area contributed by atoms with E-state index in [4.69, 9.17) is 26.2 Å². The first-order valence-electron chi connectivity index (χ1n) is 9.20. The highest BCUT2D eigenvalue weighted by atomic mass is 35.5. The molecule has 0 aliphatic rings. The molecule has 0 heterocycles. The van der Waals surface area contributed by atoms with Gasteiger partial charge in [0.15, 0.2) is 6.10 Å². The van der Waals surface area contributed by atoms with Crippen LogP contribution in [0.5, 0.6) is 11.5 Å². The third kappa shape index (κ3) is 6.88. The molecule has 2 unspecified atom stereocenters. The van der Waals surface area contributed by atoms with Gasteiger partial charge in [0.05, 0.1) is 12.1 Å². The van der Waals surface area contributed by atoms with Gasteiger partial charge >= 0.3 is 5.97 Å². The number of hydrogen-bond acceptors (Lipinski definition) is 5. The summed E-state index contributed by atoms with van der Waals surface area (Å²) in [6, 6.07) is 9.49. The summed E-state index contributed by atoms with van der Waals surface area (Å²) in [5.41, 5.74) is 1.32. The molecule has 0 radical (unpaired) electrons. The zero-order chi connectivity index (χ0) is 21.4. The van der Waals surface area contributed by atoms with E-state index in [1.807, 2.05) is 6.92 Å². The number of aliphatic hydroxyl groups excluding tert-OH is 1. The molecular weight excluding hydrogens is 401 g/mol. The largest absolute Gasteiger partial charge is 0.497 e. The Morgan fingerprint density at radius 3 is 2.52 bits per heavy atom. The van der Waals surface area contributed by atoms with Crippen LogP contribution in [0.15, 0.2) is 36.4 Å². The van der Waals surface area contributed by atoms with E-state index in [-0.39, 0.29) is 24.1 Å². The number of aliphatic carboxylic acids is 1. The summed E-state index contributed by atoms with van der Waals surface area (Å²) in [6.45, 7) is 2.47. The number of aliphatic hydroxyl groups is 1. The zero-order valence-electron chi connectivity index (χ0n) is 16.3. The number of nitrogens with one attached hydrogen (secondary N) is 1. The number of ether oxygens (including phenoxy) is 2. The zero-order valence-corrected chi connectivity index (χ0v) is 17.1. The number of carboxylic acids is 1. The first-order chi connectivity index (χ1) is 13.8. The molecule has 29 heavy (non-hydrogen) atoms. The molecule has 2 aromatic carbocycles. The molecule has 158 valence electrons. The molecule has 0 bridgehead atoms. The van der Waals surface area contributed by atoms with Crippen molar-refractivity contribution in [2.75, 3.05) is 13.7 Å². The Labute approximate surface area is 174 Å². The second-order valence-corrected chi connectivity index (χ2v) is 7.00. The number of methoxy groups -OCH3 is 1. The van der Waals surface area contributed by atoms with Gasteiger partial charge in [0.25, 0.3) is 0 Å². The van der Waals surface area contributed by atoms with Gasteiger partial charge in [0, 0.05) is 11.6 Å². The lowest BCUT2D eigenvalue weighted by atomic mass is 10.0. The molecule has 0 aromatic heterocycles. The van der Waals surface area contributed by atoms with E-state index in [0.29, 0.717) is 35.6 Å². The van der Waals surface area contributed by atoms with Gasteiger partial charge in [0.2, 0.25) is 0 Å². The van der Waals surface area contributed by atoms with Crippen molar-refractivity contribution in [2.45, 2.75) is 38.5 Å². The molecule has 0 saturated carbocycles. The van der Waals surface area contributed by atoms with Crippen LogP contribution in [0.3, 0.4) is 0 Å². The normalized spacial score (nSPS) is 13.0. The minimum atomic E-state index is -1.39. The standard InChI is InChI=1S/C21H25ClFNO5/c1-13(24-9-3-4-20(25)21(26)27)17-10-14(23)11-19(22)18(17)12-29-16-7-5-15(28-2)6-8-16/h5-8,10-11,13,20,24-25H,3-4,9,12H2,1-2H3,(H,26,27). The van der Waals surface area contributed by atoms with Gasteiger partial charge in [-0.2, -0.15) is 0 Å². The Kier molecular flexibility index (Phi) is 8.70. The molecule has 0 aliphatic heterocycles. The highest BCUT2D eigenvalue weighted by molar-refractivity contribution is 6.31. The molecule has 0 aliphatic carbocycles. The highest BCUT2D eigenvalue weighted by Gasteiger charge is 2.17. The molecule has 2 rings (SSSR count). The van der Waals surface area contributed by atoms with Gasteiger partial charge in [0.1, 0.15) is 23.9 Å². The van der Waals surface area contributed by atoms with Gasteiger partial charge in [-0.3, -0.25) is 0 Å². The average Bonchev–Trinajstić information content (AvgIpc) is 2.70. The molecule has 2 aromatic rings. The van der Waals surface area contributed by atoms with E-state index in [2.05, 4.69) is 5.32 Å². The van der Waals surface area contributed by atoms with Gasteiger partial charge < -0.3 is 25.0 Å². The predicted octanol–water partition coefficient (Wildman–Crippen LogP) is 3.94. The molecule has 6 nitrogen and oxygen atoms in total. The molecule has 0 amide bonds. The van der Waals surface area contributed by atoms with Gasteiger partial charge in [-0.05, 0) is 68.3 Å². The van der Waals surface area contributed by atoms with Crippen molar-refractivity contribution in [3.05, 3.63) is 58.4 Å². The van der Waals surface area contributed by atoms with Crippen molar-refractivity contribution in [3.8, 4) is 11.5 Å². The smallest absolute Gasteiger partial charge is 0.332 e. The Morgan fingerprint density at radius 1 is 1.24 bits per heavy atom. The SMILES string of the molecule is COc1ccc(OCc2c(Cl)cc(F)cc2C(C)NCCCC(O)C(=O)O)cc1. The first-order valence-corrected chi connectivity index (χ1v) is 9.58. The summed E-state index contributed by atoms with van der Waals surface area (Å²) >= 11 is 6.26. The quantitative estimate of drug-likeness (QED) is 0.472. The van der Waals surface area contributed by atoms with Crippen LogP contribution in [0.4, 0.5) is 4.39 Å². The fourth-order valence-electron chi connectivity index (χ4n) is 2.84. The van der Waals surface area contributed by atoms with Crippen molar-refractivity contribution in [1.82, 2.24) is 5.32 Å². The number of hydrogen-bond donors (Lipinski definition) is 3. The summed E-state index contributed by atoms with van der Waals surface area (Å²) in [4.78, 5) is 10.6. The Bertz CT molecular complexity index is 815. The second-order valence-electron chi connectivity index (χ2n) is 6.59. The lowest BCUT2D eigenvalue weighted by molar-refractivity contribution is -0.146. The maximum Gasteiger partial charge on any atom is 0.332 e. The van der Waals surface area contributed by atoms with E-state index in [1.165, 1.54) is 12.1 Å². The molecule has 0 saturated heterocycles. The molecule has 0 fully saturated rings. The molecule has 0 spiro atoms. The highest BCUT2D eigenvalue weighted by Crippen LogP contribution is 2.28. The lowest BCUT2D eigenvalue weighted by Gasteiger charge is -2.20. The summed E-state index contributed by atoms with van der Waals surface area (Å²) < 4.78 is 24.8. The van der Waals surface area contributed by atoms with Crippen LogP contribution in [0.25, 0.3) is 0 Å². The van der Waals surface area contributed by atoms with Crippen molar-refractivity contribution in [3.63, 3.8) is 0 Å². The number of benzene rings is 2. The average molecular weight is 426 g/mol. The van der Waals surface area contributed by atoms with Gasteiger partial charge in [-0.1, -0.05) is 11.6 Å². The number of rotatable bonds is 11. The molecule has 3 N–H and O–H groups in total. The summed E-state index contributed by atoms with van der Waals surface area (Å²) in [5, 5.41) is 21.5. The minimum Gasteiger partial charge on any atom is -0.497 e. The van der Waals surface area contributed by atoms with Crippen molar-refractivity contribution in [1.29, 1.82) is 0 Å². The molecule has 2 atom stereocenters. The topological polar surface area (TPSA) is 88.0 Å². The number of halogens is 2. The molecular formula is C21H25ClFNO5. The van der Waals surface area contributed by atoms with Gasteiger partial charge in [-0.25, -0.2) is 9.18 Å². The van der Waals surface area contributed by atoms with Crippen molar-refractivity contribution in [2.24, 2.45) is 0 Å². The lowest BCUT2D eigenvalue weighted by Crippen LogP contribution is -2.25. The van der Waals surface area contributed by atoms with Crippen LogP contribution in [0.1, 0.15) is 36.9 Å². The summed E-state index contributed by atoms with van der Waals surface area (Å²) in [6.07, 6.45) is -0.797. The maximum atomic E-state index is 13.9. The Hall–Kier alpha value is -2.35. The van der Waals surface area contributed by atoms with E-state index in [0.717, 1.165) is 0 Å². The van der Waals surface area contributed by atoms with E-state index >= 15 is 0 Å². The van der Waals surface area contributed by atoms with Crippen LogP contribution in [-0.2, 0) is 11.4 Å². The maximum absolute atomic E-state index is 13.9. The van der Waals surface area contributed by atoms with Crippen LogP contribution < -0.4 is 14.8 Å². The monoisotopic (exact) mass is 425 g/mol. The third-order valence-corrected chi connectivity index (χ3v) is 4.83. The fraction of sp³-hybridized carbons (Fsp3) is 0.381. The van der Waals surface area contributed by atoms with Crippen LogP contribution >= 0.6 is 11.6 Å². The van der Waals surface area contributed by atoms with Crippen molar-refractivity contribution < 1.29 is 28.9 Å². The predicted molar refractivity (Wildman–Crippen MR) is 108 cm³/mol. The molecule has 8 heteroatoms. The minimum absolute atomic E-state index is 0.131. The van der Waals surface area contributed by atoms with Crippen LogP contribution in [0, 0.1) is 5.82 Å². The second kappa shape index (κ2) is 11.0. The van der Waals surface area contributed by atoms with Crippen LogP contribution in [-0.4, -0.2) is 35.9 Å². The van der Waals surface area contributed by atoms with E-state index in [1.54, 1.807) is 31.4 Å². The fourth-order valence-corrected chi connectivity index (χ4v) is 3.10. The Morgan fingerprint density at radius 2 is 1.90 bits per heavy atom. The van der Waals surface area contributed by atoms with E-state index < -0.39 is 17.9 Å². The van der Waals surface area contributed by atoms with Crippen LogP contribution in [0.2, 0.25) is 5.02 Å².